The predicted octanol–water partition coefficient (Wildman–Crippen LogP) is 4.57. The van der Waals surface area contributed by atoms with E-state index in [-0.39, 0.29) is 16.4 Å². The second kappa shape index (κ2) is 9.27. The molecule has 9 heteroatoms. The molecule has 5 rings (SSSR count). The Morgan fingerprint density at radius 1 is 0.943 bits per heavy atom. The number of amides is 2. The first-order chi connectivity index (χ1) is 16.9. The number of nitrogens with one attached hydrogen (secondary N) is 1. The van der Waals surface area contributed by atoms with Gasteiger partial charge < -0.3 is 4.90 Å². The third kappa shape index (κ3) is 4.26. The molecule has 1 N–H and O–H groups in total. The maximum Gasteiger partial charge on any atom is 0.293 e. The summed E-state index contributed by atoms with van der Waals surface area (Å²) in [5.74, 6) is -1.22. The largest absolute Gasteiger partial charge is 0.366 e. The van der Waals surface area contributed by atoms with Crippen molar-refractivity contribution in [2.45, 2.75) is 19.3 Å². The van der Waals surface area contributed by atoms with Gasteiger partial charge in [-0.3, -0.25) is 29.9 Å². The molecule has 2 heterocycles. The van der Waals surface area contributed by atoms with Gasteiger partial charge in [0.1, 0.15) is 11.3 Å². The fraction of sp³-hybridized carbons (Fsp3) is 0.192. The summed E-state index contributed by atoms with van der Waals surface area (Å²) in [5.41, 5.74) is 1.30. The number of thiocarbonyl (C=S) groups is 1. The van der Waals surface area contributed by atoms with E-state index >= 15 is 0 Å². The first-order valence-electron chi connectivity index (χ1n) is 11.4. The minimum atomic E-state index is -0.640. The number of fused-ring (bicyclic) bond motifs is 1. The van der Waals surface area contributed by atoms with Crippen molar-refractivity contribution in [1.29, 1.82) is 0 Å². The molecule has 176 valence electrons. The average Bonchev–Trinajstić information content (AvgIpc) is 2.87. The highest BCUT2D eigenvalue weighted by molar-refractivity contribution is 7.80. The number of nitro benzene ring substituents is 1. The van der Waals surface area contributed by atoms with Gasteiger partial charge in [0.25, 0.3) is 17.5 Å². The SMILES string of the molecule is O=C1NC(=S)N(c2cccc3ccccc23)C(=O)/C1=C/c1ccc(N2CCCCC2)c([N+](=O)[O-])c1. The van der Waals surface area contributed by atoms with Gasteiger partial charge in [0, 0.05) is 24.5 Å². The first kappa shape index (κ1) is 22.7. The Morgan fingerprint density at radius 3 is 2.46 bits per heavy atom. The van der Waals surface area contributed by atoms with Crippen LogP contribution >= 0.6 is 12.2 Å². The maximum absolute atomic E-state index is 13.5. The Labute approximate surface area is 207 Å². The van der Waals surface area contributed by atoms with E-state index in [2.05, 4.69) is 5.32 Å². The van der Waals surface area contributed by atoms with Crippen molar-refractivity contribution in [3.63, 3.8) is 0 Å². The number of hydrogen-bond acceptors (Lipinski definition) is 6. The van der Waals surface area contributed by atoms with E-state index in [0.717, 1.165) is 43.1 Å². The predicted molar refractivity (Wildman–Crippen MR) is 139 cm³/mol. The Morgan fingerprint density at radius 2 is 1.69 bits per heavy atom. The number of nitrogens with zero attached hydrogens (tertiary/aromatic N) is 3. The van der Waals surface area contributed by atoms with Crippen molar-refractivity contribution in [1.82, 2.24) is 5.32 Å². The number of carbonyl (C=O) groups excluding carboxylic acids is 2. The fourth-order valence-corrected chi connectivity index (χ4v) is 4.90. The molecule has 35 heavy (non-hydrogen) atoms. The summed E-state index contributed by atoms with van der Waals surface area (Å²) >= 11 is 5.34. The number of nitro groups is 1. The van der Waals surface area contributed by atoms with E-state index in [1.807, 2.05) is 41.3 Å². The zero-order chi connectivity index (χ0) is 24.5. The Balaban J connectivity index is 1.54. The second-order valence-electron chi connectivity index (χ2n) is 8.51. The van der Waals surface area contributed by atoms with Crippen molar-refractivity contribution in [3.8, 4) is 0 Å². The third-order valence-electron chi connectivity index (χ3n) is 6.31. The van der Waals surface area contributed by atoms with Gasteiger partial charge in [-0.15, -0.1) is 0 Å². The smallest absolute Gasteiger partial charge is 0.293 e. The number of carbonyl (C=O) groups is 2. The summed E-state index contributed by atoms with van der Waals surface area (Å²) in [6.07, 6.45) is 4.47. The summed E-state index contributed by atoms with van der Waals surface area (Å²) in [4.78, 5) is 40.9. The number of piperidine rings is 1. The van der Waals surface area contributed by atoms with Crippen LogP contribution in [-0.4, -0.2) is 34.9 Å². The van der Waals surface area contributed by atoms with Crippen molar-refractivity contribution in [3.05, 3.63) is 81.9 Å². The van der Waals surface area contributed by atoms with Crippen LogP contribution in [0.3, 0.4) is 0 Å². The normalized spacial score (nSPS) is 17.7. The number of hydrogen-bond donors (Lipinski definition) is 1. The fourth-order valence-electron chi connectivity index (χ4n) is 4.62. The second-order valence-corrected chi connectivity index (χ2v) is 8.90. The Kier molecular flexibility index (Phi) is 6.00. The topological polar surface area (TPSA) is 95.8 Å². The van der Waals surface area contributed by atoms with Crippen LogP contribution in [-0.2, 0) is 9.59 Å². The van der Waals surface area contributed by atoms with Crippen LogP contribution in [0.25, 0.3) is 16.8 Å². The quantitative estimate of drug-likeness (QED) is 0.191. The summed E-state index contributed by atoms with van der Waals surface area (Å²) in [6.45, 7) is 1.53. The molecule has 2 aliphatic heterocycles. The lowest BCUT2D eigenvalue weighted by Gasteiger charge is -2.30. The lowest BCUT2D eigenvalue weighted by Crippen LogP contribution is -2.54. The molecule has 0 aromatic heterocycles. The molecular formula is C26H22N4O4S. The molecule has 2 saturated heterocycles. The van der Waals surface area contributed by atoms with Crippen molar-refractivity contribution in [2.75, 3.05) is 22.9 Å². The lowest BCUT2D eigenvalue weighted by atomic mass is 10.0. The summed E-state index contributed by atoms with van der Waals surface area (Å²) in [5, 5.41) is 16.1. The minimum absolute atomic E-state index is 0.0140. The monoisotopic (exact) mass is 486 g/mol. The zero-order valence-corrected chi connectivity index (χ0v) is 19.6. The highest BCUT2D eigenvalue weighted by Crippen LogP contribution is 2.33. The Bertz CT molecular complexity index is 1410. The van der Waals surface area contributed by atoms with Crippen LogP contribution in [0.15, 0.2) is 66.2 Å². The molecule has 0 bridgehead atoms. The number of anilines is 2. The van der Waals surface area contributed by atoms with Crippen LogP contribution in [0.2, 0.25) is 0 Å². The van der Waals surface area contributed by atoms with Gasteiger partial charge in [-0.2, -0.15) is 0 Å². The maximum atomic E-state index is 13.5. The van der Waals surface area contributed by atoms with Crippen LogP contribution in [0.5, 0.6) is 0 Å². The van der Waals surface area contributed by atoms with Crippen LogP contribution < -0.4 is 15.1 Å². The molecule has 0 unspecified atom stereocenters. The highest BCUT2D eigenvalue weighted by Gasteiger charge is 2.35. The van der Waals surface area contributed by atoms with Gasteiger partial charge in [-0.05, 0) is 60.6 Å². The van der Waals surface area contributed by atoms with E-state index in [0.29, 0.717) is 16.9 Å². The summed E-state index contributed by atoms with van der Waals surface area (Å²) < 4.78 is 0. The molecule has 8 nitrogen and oxygen atoms in total. The van der Waals surface area contributed by atoms with Gasteiger partial charge in [0.15, 0.2) is 5.11 Å². The van der Waals surface area contributed by atoms with E-state index in [9.17, 15) is 19.7 Å². The van der Waals surface area contributed by atoms with Gasteiger partial charge >= 0.3 is 0 Å². The molecule has 0 atom stereocenters. The zero-order valence-electron chi connectivity index (χ0n) is 18.8. The van der Waals surface area contributed by atoms with Crippen LogP contribution in [0.4, 0.5) is 17.1 Å². The number of benzene rings is 3. The molecule has 2 amide bonds. The van der Waals surface area contributed by atoms with Gasteiger partial charge in [-0.25, -0.2) is 0 Å². The average molecular weight is 487 g/mol. The molecule has 0 aliphatic carbocycles. The molecular weight excluding hydrogens is 464 g/mol. The van der Waals surface area contributed by atoms with Crippen LogP contribution in [0, 0.1) is 10.1 Å². The van der Waals surface area contributed by atoms with Crippen molar-refractivity contribution in [2.24, 2.45) is 0 Å². The van der Waals surface area contributed by atoms with Gasteiger partial charge in [0.05, 0.1) is 10.6 Å². The van der Waals surface area contributed by atoms with E-state index < -0.39 is 16.7 Å². The van der Waals surface area contributed by atoms with E-state index in [1.165, 1.54) is 17.0 Å². The van der Waals surface area contributed by atoms with E-state index in [1.54, 1.807) is 18.2 Å². The minimum Gasteiger partial charge on any atom is -0.366 e. The van der Waals surface area contributed by atoms with E-state index in [4.69, 9.17) is 12.2 Å². The van der Waals surface area contributed by atoms with Crippen molar-refractivity contribution < 1.29 is 14.5 Å². The Hall–Kier alpha value is -4.11. The van der Waals surface area contributed by atoms with Crippen molar-refractivity contribution >= 4 is 63.1 Å². The lowest BCUT2D eigenvalue weighted by molar-refractivity contribution is -0.384. The molecule has 2 fully saturated rings. The number of rotatable bonds is 4. The molecule has 0 radical (unpaired) electrons. The molecule has 3 aromatic rings. The molecule has 0 saturated carbocycles. The standard InChI is InChI=1S/C26H22N4O4S/c31-24-20(15-17-11-12-22(23(16-17)30(33)34)28-13-4-1-5-14-28)25(32)29(26(35)27-24)21-10-6-8-18-7-2-3-9-19(18)21/h2-3,6-12,15-16H,1,4-5,13-14H2,(H,27,31,35)/b20-15+. The van der Waals surface area contributed by atoms with Gasteiger partial charge in [0.2, 0.25) is 0 Å². The summed E-state index contributed by atoms with van der Waals surface area (Å²) in [7, 11) is 0. The highest BCUT2D eigenvalue weighted by atomic mass is 32.1. The summed E-state index contributed by atoms with van der Waals surface area (Å²) in [6, 6.07) is 17.9. The first-order valence-corrected chi connectivity index (χ1v) is 11.8. The molecule has 2 aliphatic rings. The van der Waals surface area contributed by atoms with Crippen LogP contribution in [0.1, 0.15) is 24.8 Å². The molecule has 0 spiro atoms. The third-order valence-corrected chi connectivity index (χ3v) is 6.60. The molecule has 3 aromatic carbocycles. The van der Waals surface area contributed by atoms with Gasteiger partial charge in [-0.1, -0.05) is 42.5 Å².